The molecule has 0 amide bonds. The molecule has 5 N–H and O–H groups in total. The normalized spacial score (nSPS) is 11.1. The van der Waals surface area contributed by atoms with Crippen LogP contribution in [0.15, 0.2) is 58.0 Å². The van der Waals surface area contributed by atoms with Crippen molar-refractivity contribution in [3.8, 4) is 34.3 Å². The summed E-state index contributed by atoms with van der Waals surface area (Å²) >= 11 is 0. The molecule has 0 aliphatic heterocycles. The number of nitrogens with one attached hydrogen (secondary N) is 1. The molecule has 0 aliphatic carbocycles. The van der Waals surface area contributed by atoms with Crippen molar-refractivity contribution < 1.29 is 4.42 Å². The molecule has 10 heteroatoms. The fourth-order valence-corrected chi connectivity index (χ4v) is 3.22. The Morgan fingerprint density at radius 1 is 1.06 bits per heavy atom. The Kier molecular flexibility index (Phi) is 6.34. The summed E-state index contributed by atoms with van der Waals surface area (Å²) in [4.78, 5) is 20.9. The number of hydrogen-bond acceptors (Lipinski definition) is 9. The predicted octanol–water partition coefficient (Wildman–Crippen LogP) is 1.67. The molecule has 4 aromatic rings. The Hall–Kier alpha value is -3.89. The highest BCUT2D eigenvalue weighted by Gasteiger charge is 2.17. The first-order chi connectivity index (χ1) is 15.6. The summed E-state index contributed by atoms with van der Waals surface area (Å²) in [5.74, 6) is 0.699. The maximum absolute atomic E-state index is 12.1. The van der Waals surface area contributed by atoms with Crippen LogP contribution in [0.25, 0.3) is 34.3 Å². The lowest BCUT2D eigenvalue weighted by atomic mass is 10.1. The third-order valence-corrected chi connectivity index (χ3v) is 4.89. The summed E-state index contributed by atoms with van der Waals surface area (Å²) in [6.45, 7) is 1.80. The van der Waals surface area contributed by atoms with Gasteiger partial charge < -0.3 is 25.8 Å². The molecule has 0 saturated carbocycles. The van der Waals surface area contributed by atoms with Gasteiger partial charge in [-0.1, -0.05) is 12.1 Å². The van der Waals surface area contributed by atoms with E-state index < -0.39 is 0 Å². The van der Waals surface area contributed by atoms with Gasteiger partial charge in [-0.25, -0.2) is 9.97 Å². The second-order valence-corrected chi connectivity index (χ2v) is 7.22. The smallest absolute Gasteiger partial charge is 0.270 e. The van der Waals surface area contributed by atoms with Gasteiger partial charge in [-0.2, -0.15) is 0 Å². The van der Waals surface area contributed by atoms with Crippen molar-refractivity contribution in [2.24, 2.45) is 5.73 Å². The van der Waals surface area contributed by atoms with Gasteiger partial charge >= 0.3 is 0 Å². The lowest BCUT2D eigenvalue weighted by Crippen LogP contribution is -2.20. The fourth-order valence-electron chi connectivity index (χ4n) is 3.22. The molecule has 0 unspecified atom stereocenters. The standard InChI is InChI=1S/C22H24N8O2/c1-25-11-14-3-5-15(6-4-14)21-28-29-22(32-21)19-20(24)26-12-17(27-19)16-7-8-18(31)30(13-16)10-2-9-23/h3-8,12-13,25H,2,9-11,23H2,1H3,(H2,24,26). The molecular weight excluding hydrogens is 408 g/mol. The molecule has 3 heterocycles. The summed E-state index contributed by atoms with van der Waals surface area (Å²) in [6.07, 6.45) is 3.97. The number of nitrogens with zero attached hydrogens (tertiary/aromatic N) is 5. The van der Waals surface area contributed by atoms with E-state index in [0.717, 1.165) is 23.2 Å². The molecule has 0 aliphatic rings. The van der Waals surface area contributed by atoms with Crippen LogP contribution < -0.4 is 22.3 Å². The zero-order valence-electron chi connectivity index (χ0n) is 17.7. The first kappa shape index (κ1) is 21.3. The lowest BCUT2D eigenvalue weighted by molar-refractivity contribution is 0.582. The van der Waals surface area contributed by atoms with Gasteiger partial charge in [0.25, 0.3) is 11.4 Å². The van der Waals surface area contributed by atoms with Crippen LogP contribution >= 0.6 is 0 Å². The second-order valence-electron chi connectivity index (χ2n) is 7.22. The Morgan fingerprint density at radius 2 is 1.81 bits per heavy atom. The molecule has 32 heavy (non-hydrogen) atoms. The third kappa shape index (κ3) is 4.56. The van der Waals surface area contributed by atoms with Crippen molar-refractivity contribution in [2.45, 2.75) is 19.5 Å². The number of benzene rings is 1. The molecule has 0 spiro atoms. The molecular formula is C22H24N8O2. The topological polar surface area (TPSA) is 151 Å². The van der Waals surface area contributed by atoms with Crippen LogP contribution in [0.1, 0.15) is 12.0 Å². The van der Waals surface area contributed by atoms with Crippen molar-refractivity contribution >= 4 is 5.82 Å². The van der Waals surface area contributed by atoms with E-state index in [-0.39, 0.29) is 23.0 Å². The van der Waals surface area contributed by atoms with Crippen LogP contribution in [-0.4, -0.2) is 38.3 Å². The second kappa shape index (κ2) is 9.50. The van der Waals surface area contributed by atoms with E-state index in [1.165, 1.54) is 6.07 Å². The quantitative estimate of drug-likeness (QED) is 0.377. The van der Waals surface area contributed by atoms with Crippen LogP contribution in [0.5, 0.6) is 0 Å². The Balaban J connectivity index is 1.65. The van der Waals surface area contributed by atoms with E-state index in [9.17, 15) is 4.79 Å². The third-order valence-electron chi connectivity index (χ3n) is 4.89. The summed E-state index contributed by atoms with van der Waals surface area (Å²) in [7, 11) is 1.90. The number of anilines is 1. The van der Waals surface area contributed by atoms with E-state index in [1.807, 2.05) is 31.3 Å². The molecule has 4 rings (SSSR count). The number of rotatable bonds is 8. The molecule has 1 aromatic carbocycles. The molecule has 164 valence electrons. The Morgan fingerprint density at radius 3 is 2.56 bits per heavy atom. The van der Waals surface area contributed by atoms with E-state index in [1.54, 1.807) is 23.0 Å². The lowest BCUT2D eigenvalue weighted by Gasteiger charge is -2.08. The predicted molar refractivity (Wildman–Crippen MR) is 121 cm³/mol. The molecule has 0 radical (unpaired) electrons. The molecule has 0 atom stereocenters. The average Bonchev–Trinajstić information content (AvgIpc) is 3.30. The minimum atomic E-state index is -0.104. The zero-order chi connectivity index (χ0) is 22.5. The van der Waals surface area contributed by atoms with Crippen molar-refractivity contribution in [2.75, 3.05) is 19.3 Å². The number of nitrogen functional groups attached to an aromatic ring is 1. The maximum Gasteiger partial charge on any atom is 0.270 e. The monoisotopic (exact) mass is 432 g/mol. The zero-order valence-corrected chi connectivity index (χ0v) is 17.7. The highest BCUT2D eigenvalue weighted by atomic mass is 16.4. The van der Waals surface area contributed by atoms with Crippen LogP contribution in [0, 0.1) is 0 Å². The molecule has 10 nitrogen and oxygen atoms in total. The SMILES string of the molecule is CNCc1ccc(-c2nnc(-c3nc(-c4ccc(=O)n(CCCN)c4)cnc3N)o2)cc1. The van der Waals surface area contributed by atoms with Gasteiger partial charge in [0.1, 0.15) is 0 Å². The molecule has 0 fully saturated rings. The Bertz CT molecular complexity index is 1260. The van der Waals surface area contributed by atoms with Gasteiger partial charge in [-0.3, -0.25) is 4.79 Å². The van der Waals surface area contributed by atoms with Gasteiger partial charge in [0, 0.05) is 36.5 Å². The number of aromatic nitrogens is 5. The Labute approximate surface area is 184 Å². The van der Waals surface area contributed by atoms with E-state index >= 15 is 0 Å². The summed E-state index contributed by atoms with van der Waals surface area (Å²) in [5, 5.41) is 11.3. The summed E-state index contributed by atoms with van der Waals surface area (Å²) < 4.78 is 7.43. The number of hydrogen-bond donors (Lipinski definition) is 3. The molecule has 0 saturated heterocycles. The number of pyridine rings is 1. The fraction of sp³-hybridized carbons (Fsp3) is 0.227. The largest absolute Gasteiger partial charge is 0.414 e. The van der Waals surface area contributed by atoms with Gasteiger partial charge in [0.05, 0.1) is 11.9 Å². The molecule has 3 aromatic heterocycles. The van der Waals surface area contributed by atoms with Crippen molar-refractivity contribution in [3.05, 3.63) is 64.7 Å². The summed E-state index contributed by atoms with van der Waals surface area (Å²) in [6, 6.07) is 11.0. The highest BCUT2D eigenvalue weighted by molar-refractivity contribution is 5.68. The van der Waals surface area contributed by atoms with Gasteiger partial charge in [-0.15, -0.1) is 10.2 Å². The van der Waals surface area contributed by atoms with Gasteiger partial charge in [0.2, 0.25) is 5.89 Å². The van der Waals surface area contributed by atoms with Gasteiger partial charge in [0.15, 0.2) is 11.5 Å². The van der Waals surface area contributed by atoms with Crippen molar-refractivity contribution in [3.63, 3.8) is 0 Å². The van der Waals surface area contributed by atoms with Crippen molar-refractivity contribution in [1.82, 2.24) is 30.0 Å². The number of nitrogens with two attached hydrogens (primary N) is 2. The molecule has 0 bridgehead atoms. The maximum atomic E-state index is 12.1. The van der Waals surface area contributed by atoms with E-state index in [0.29, 0.717) is 31.1 Å². The van der Waals surface area contributed by atoms with Crippen LogP contribution in [0.3, 0.4) is 0 Å². The minimum Gasteiger partial charge on any atom is -0.414 e. The highest BCUT2D eigenvalue weighted by Crippen LogP contribution is 2.27. The van der Waals surface area contributed by atoms with Crippen LogP contribution in [0.4, 0.5) is 5.82 Å². The van der Waals surface area contributed by atoms with Crippen LogP contribution in [0.2, 0.25) is 0 Å². The van der Waals surface area contributed by atoms with Crippen molar-refractivity contribution in [1.29, 1.82) is 0 Å². The minimum absolute atomic E-state index is 0.104. The van der Waals surface area contributed by atoms with Gasteiger partial charge in [-0.05, 0) is 43.8 Å². The first-order valence-electron chi connectivity index (χ1n) is 10.2. The van der Waals surface area contributed by atoms with Crippen LogP contribution in [-0.2, 0) is 13.1 Å². The summed E-state index contributed by atoms with van der Waals surface area (Å²) in [5.41, 5.74) is 15.0. The number of aryl methyl sites for hydroxylation is 1. The van der Waals surface area contributed by atoms with E-state index in [2.05, 4.69) is 25.5 Å². The first-order valence-corrected chi connectivity index (χ1v) is 10.2. The average molecular weight is 432 g/mol. The van der Waals surface area contributed by atoms with E-state index in [4.69, 9.17) is 15.9 Å².